The van der Waals surface area contributed by atoms with Gasteiger partial charge < -0.3 is 15.4 Å². The zero-order chi connectivity index (χ0) is 21.0. The Balaban J connectivity index is 1.33. The predicted molar refractivity (Wildman–Crippen MR) is 123 cm³/mol. The zero-order valence-corrected chi connectivity index (χ0v) is 18.4. The van der Waals surface area contributed by atoms with Gasteiger partial charge in [-0.25, -0.2) is 4.79 Å². The van der Waals surface area contributed by atoms with Crippen LogP contribution in [0, 0.1) is 0 Å². The van der Waals surface area contributed by atoms with Gasteiger partial charge in [0.05, 0.1) is 0 Å². The van der Waals surface area contributed by atoms with E-state index in [0.717, 1.165) is 36.7 Å². The van der Waals surface area contributed by atoms with E-state index in [9.17, 15) is 4.79 Å². The molecule has 0 aromatic heterocycles. The molecule has 2 aromatic rings. The number of thioether (sulfide) groups is 1. The lowest BCUT2D eigenvalue weighted by Gasteiger charge is -2.35. The van der Waals surface area contributed by atoms with Crippen LogP contribution in [0.15, 0.2) is 54.6 Å². The highest BCUT2D eigenvalue weighted by molar-refractivity contribution is 8.00. The summed E-state index contributed by atoms with van der Waals surface area (Å²) in [5, 5.41) is 0. The van der Waals surface area contributed by atoms with Gasteiger partial charge in [-0.05, 0) is 50.4 Å². The minimum atomic E-state index is -0.476. The Morgan fingerprint density at radius 3 is 2.53 bits per heavy atom. The highest BCUT2D eigenvalue weighted by Crippen LogP contribution is 2.47. The Hall–Kier alpha value is -2.18. The molecule has 0 aliphatic carbocycles. The van der Waals surface area contributed by atoms with Crippen LogP contribution in [0.5, 0.6) is 5.75 Å². The van der Waals surface area contributed by atoms with Gasteiger partial charge in [0.25, 0.3) is 0 Å². The van der Waals surface area contributed by atoms with E-state index in [1.165, 1.54) is 18.4 Å². The third kappa shape index (κ3) is 4.44. The molecule has 0 spiro atoms. The van der Waals surface area contributed by atoms with Gasteiger partial charge in [0.15, 0.2) is 0 Å². The van der Waals surface area contributed by atoms with Crippen LogP contribution in [-0.2, 0) is 4.87 Å². The molecule has 2 aliphatic heterocycles. The van der Waals surface area contributed by atoms with Gasteiger partial charge in [-0.15, -0.1) is 11.8 Å². The second-order valence-electron chi connectivity index (χ2n) is 8.19. The van der Waals surface area contributed by atoms with E-state index >= 15 is 0 Å². The van der Waals surface area contributed by atoms with Crippen molar-refractivity contribution in [3.63, 3.8) is 0 Å². The number of primary amides is 1. The average molecular weight is 426 g/mol. The van der Waals surface area contributed by atoms with Crippen LogP contribution >= 0.6 is 11.8 Å². The van der Waals surface area contributed by atoms with E-state index in [4.69, 9.17) is 10.5 Å². The van der Waals surface area contributed by atoms with Crippen molar-refractivity contribution in [2.45, 2.75) is 30.6 Å². The number of nitrogens with two attached hydrogens (primary N) is 1. The van der Waals surface area contributed by atoms with Crippen molar-refractivity contribution >= 4 is 17.8 Å². The quantitative estimate of drug-likeness (QED) is 0.752. The molecule has 1 atom stereocenters. The molecule has 2 N–H and O–H groups in total. The normalized spacial score (nSPS) is 22.9. The Kier molecular flexibility index (Phi) is 6.54. The van der Waals surface area contributed by atoms with Crippen molar-refractivity contribution in [3.05, 3.63) is 65.7 Å². The average Bonchev–Trinajstić information content (AvgIpc) is 3.18. The zero-order valence-electron chi connectivity index (χ0n) is 17.6. The third-order valence-electron chi connectivity index (χ3n) is 6.39. The fourth-order valence-corrected chi connectivity index (χ4v) is 5.98. The van der Waals surface area contributed by atoms with Crippen molar-refractivity contribution in [1.29, 1.82) is 0 Å². The molecule has 4 rings (SSSR count). The molecule has 0 radical (unpaired) electrons. The van der Waals surface area contributed by atoms with Crippen LogP contribution in [0.3, 0.4) is 0 Å². The van der Waals surface area contributed by atoms with E-state index in [1.54, 1.807) is 16.7 Å². The summed E-state index contributed by atoms with van der Waals surface area (Å²) in [5.41, 5.74) is 8.12. The van der Waals surface area contributed by atoms with Gasteiger partial charge in [0, 0.05) is 24.4 Å². The Bertz CT molecular complexity index is 855. The van der Waals surface area contributed by atoms with E-state index in [2.05, 4.69) is 48.2 Å². The number of rotatable bonds is 6. The van der Waals surface area contributed by atoms with E-state index < -0.39 is 4.87 Å². The first-order valence-corrected chi connectivity index (χ1v) is 11.8. The highest BCUT2D eigenvalue weighted by Gasteiger charge is 2.43. The molecule has 2 fully saturated rings. The van der Waals surface area contributed by atoms with Crippen LogP contribution in [0.4, 0.5) is 4.79 Å². The van der Waals surface area contributed by atoms with Crippen molar-refractivity contribution < 1.29 is 9.53 Å². The third-order valence-corrected chi connectivity index (χ3v) is 7.78. The number of piperidine rings is 1. The molecule has 30 heavy (non-hydrogen) atoms. The number of likely N-dealkylation sites (tertiary alicyclic amines) is 1. The number of carbonyl (C=O) groups is 1. The molecule has 2 saturated heterocycles. The summed E-state index contributed by atoms with van der Waals surface area (Å²) in [4.78, 5) is 15.7. The van der Waals surface area contributed by atoms with Crippen molar-refractivity contribution in [2.75, 3.05) is 38.5 Å². The maximum Gasteiger partial charge on any atom is 0.316 e. The molecule has 0 bridgehead atoms. The smallest absolute Gasteiger partial charge is 0.316 e. The monoisotopic (exact) mass is 425 g/mol. The maximum absolute atomic E-state index is 11.9. The lowest BCUT2D eigenvalue weighted by atomic mass is 9.89. The molecule has 5 nitrogen and oxygen atoms in total. The minimum Gasteiger partial charge on any atom is -0.492 e. The number of carbonyl (C=O) groups excluding carboxylic acids is 1. The van der Waals surface area contributed by atoms with Crippen molar-refractivity contribution in [2.24, 2.45) is 5.73 Å². The van der Waals surface area contributed by atoms with Crippen LogP contribution in [0.25, 0.3) is 0 Å². The first-order chi connectivity index (χ1) is 14.6. The topological polar surface area (TPSA) is 58.8 Å². The molecular weight excluding hydrogens is 394 g/mol. The summed E-state index contributed by atoms with van der Waals surface area (Å²) >= 11 is 1.74. The van der Waals surface area contributed by atoms with Gasteiger partial charge in [0.1, 0.15) is 17.2 Å². The van der Waals surface area contributed by atoms with E-state index in [-0.39, 0.29) is 6.03 Å². The van der Waals surface area contributed by atoms with Gasteiger partial charge >= 0.3 is 6.03 Å². The fourth-order valence-electron chi connectivity index (χ4n) is 4.65. The van der Waals surface area contributed by atoms with Crippen LogP contribution in [0.1, 0.15) is 36.8 Å². The van der Waals surface area contributed by atoms with Crippen LogP contribution < -0.4 is 10.5 Å². The van der Waals surface area contributed by atoms with Gasteiger partial charge in [-0.2, -0.15) is 0 Å². The molecule has 0 saturated carbocycles. The fraction of sp³-hybridized carbons (Fsp3) is 0.458. The number of para-hydroxylation sites is 1. The second kappa shape index (κ2) is 9.31. The first kappa shape index (κ1) is 21.1. The van der Waals surface area contributed by atoms with Crippen LogP contribution in [0.2, 0.25) is 0 Å². The molecule has 160 valence electrons. The predicted octanol–water partition coefficient (Wildman–Crippen LogP) is 4.25. The molecule has 2 aliphatic rings. The largest absolute Gasteiger partial charge is 0.492 e. The number of amides is 2. The van der Waals surface area contributed by atoms with E-state index in [1.807, 2.05) is 18.2 Å². The second-order valence-corrected chi connectivity index (χ2v) is 9.68. The number of nitrogens with zero attached hydrogens (tertiary/aromatic N) is 2. The van der Waals surface area contributed by atoms with Gasteiger partial charge in [-0.1, -0.05) is 48.5 Å². The van der Waals surface area contributed by atoms with Gasteiger partial charge in [0.2, 0.25) is 0 Å². The number of benzene rings is 2. The lowest BCUT2D eigenvalue weighted by Crippen LogP contribution is -2.44. The number of hydrogen-bond acceptors (Lipinski definition) is 4. The molecule has 2 aromatic carbocycles. The van der Waals surface area contributed by atoms with Gasteiger partial charge in [-0.3, -0.25) is 4.90 Å². The number of hydrogen-bond donors (Lipinski definition) is 1. The highest BCUT2D eigenvalue weighted by atomic mass is 32.2. The Labute approximate surface area is 183 Å². The standard InChI is InChI=1S/C24H31N3O2S/c1-24(27(23(25)28)16-18-30-24)21-9-5-6-10-22(21)29-17-15-26-13-11-20(12-14-26)19-7-3-2-4-8-19/h2-10,20H,11-18H2,1H3,(H2,25,28). The summed E-state index contributed by atoms with van der Waals surface area (Å²) in [6, 6.07) is 18.5. The number of ether oxygens (including phenoxy) is 1. The van der Waals surface area contributed by atoms with Crippen molar-refractivity contribution in [1.82, 2.24) is 9.80 Å². The minimum absolute atomic E-state index is 0.376. The molecule has 1 unspecified atom stereocenters. The summed E-state index contributed by atoms with van der Waals surface area (Å²) in [7, 11) is 0. The summed E-state index contributed by atoms with van der Waals surface area (Å²) in [5.74, 6) is 2.40. The lowest BCUT2D eigenvalue weighted by molar-refractivity contribution is 0.168. The van der Waals surface area contributed by atoms with Crippen LogP contribution in [-0.4, -0.2) is 54.4 Å². The Morgan fingerprint density at radius 1 is 1.10 bits per heavy atom. The number of urea groups is 1. The molecule has 2 heterocycles. The van der Waals surface area contributed by atoms with Crippen molar-refractivity contribution in [3.8, 4) is 5.75 Å². The molecular formula is C24H31N3O2S. The summed E-state index contributed by atoms with van der Waals surface area (Å²) < 4.78 is 6.22. The summed E-state index contributed by atoms with van der Waals surface area (Å²) in [6.45, 7) is 6.50. The van der Waals surface area contributed by atoms with E-state index in [0.29, 0.717) is 19.1 Å². The SMILES string of the molecule is CC1(c2ccccc2OCCN2CCC(c3ccccc3)CC2)SCCN1C(N)=O. The maximum atomic E-state index is 11.9. The Morgan fingerprint density at radius 2 is 1.80 bits per heavy atom. The molecule has 6 heteroatoms. The summed E-state index contributed by atoms with van der Waals surface area (Å²) in [6.07, 6.45) is 2.39. The first-order valence-electron chi connectivity index (χ1n) is 10.8. The molecule has 2 amide bonds.